The molecule has 0 aromatic carbocycles. The van der Waals surface area contributed by atoms with Crippen molar-refractivity contribution in [3.8, 4) is 0 Å². The lowest BCUT2D eigenvalue weighted by atomic mass is 10.1. The van der Waals surface area contributed by atoms with Crippen LogP contribution in [0.3, 0.4) is 0 Å². The van der Waals surface area contributed by atoms with E-state index in [1.165, 1.54) is 0 Å². The summed E-state index contributed by atoms with van der Waals surface area (Å²) in [6.45, 7) is 5.66. The highest BCUT2D eigenvalue weighted by Gasteiger charge is 2.19. The van der Waals surface area contributed by atoms with Crippen LogP contribution in [-0.2, 0) is 4.79 Å². The summed E-state index contributed by atoms with van der Waals surface area (Å²) in [5.41, 5.74) is 0. The number of aliphatic hydroxyl groups is 1. The minimum Gasteiger partial charge on any atom is -0.394 e. The number of amides is 1. The van der Waals surface area contributed by atoms with Gasteiger partial charge in [-0.05, 0) is 12.8 Å². The normalized spacial score (nSPS) is 15.8. The van der Waals surface area contributed by atoms with Crippen molar-refractivity contribution in [2.45, 2.75) is 31.6 Å². The van der Waals surface area contributed by atoms with Crippen molar-refractivity contribution < 1.29 is 9.90 Å². The Morgan fingerprint density at radius 2 is 2.00 bits per heavy atom. The van der Waals surface area contributed by atoms with Crippen molar-refractivity contribution in [1.29, 1.82) is 0 Å². The predicted molar refractivity (Wildman–Crippen MR) is 52.2 cm³/mol. The van der Waals surface area contributed by atoms with Gasteiger partial charge in [0.2, 0.25) is 5.91 Å². The Morgan fingerprint density at radius 3 is 2.33 bits per heavy atom. The molecule has 2 atom stereocenters. The number of nitrogens with one attached hydrogen (secondary N) is 1. The molecule has 1 unspecified atom stereocenters. The Balaban J connectivity index is 3.87. The minimum absolute atomic E-state index is 0.0243. The number of rotatable bonds is 4. The van der Waals surface area contributed by atoms with Gasteiger partial charge in [-0.25, -0.2) is 0 Å². The fourth-order valence-corrected chi connectivity index (χ4v) is 0.803. The molecule has 0 aromatic heterocycles. The van der Waals surface area contributed by atoms with E-state index in [-0.39, 0.29) is 29.3 Å². The first-order valence-corrected chi connectivity index (χ1v) is 4.96. The van der Waals surface area contributed by atoms with E-state index in [4.69, 9.17) is 5.11 Å². The molecule has 0 spiro atoms. The van der Waals surface area contributed by atoms with E-state index in [1.807, 2.05) is 13.8 Å². The van der Waals surface area contributed by atoms with E-state index in [1.54, 1.807) is 6.92 Å². The highest BCUT2D eigenvalue weighted by Crippen LogP contribution is 2.11. The minimum atomic E-state index is -0.175. The molecule has 0 saturated carbocycles. The molecule has 12 heavy (non-hydrogen) atoms. The zero-order valence-electron chi connectivity index (χ0n) is 7.67. The van der Waals surface area contributed by atoms with Crippen LogP contribution in [0.4, 0.5) is 0 Å². The molecule has 0 aliphatic heterocycles. The summed E-state index contributed by atoms with van der Waals surface area (Å²) in [5.74, 6) is 0.197. The van der Waals surface area contributed by atoms with Gasteiger partial charge in [0.25, 0.3) is 0 Å². The maximum atomic E-state index is 11.3. The first kappa shape index (κ1) is 11.9. The quantitative estimate of drug-likeness (QED) is 0.715. The van der Waals surface area contributed by atoms with Crippen LogP contribution in [0.25, 0.3) is 0 Å². The lowest BCUT2D eigenvalue weighted by Gasteiger charge is -2.16. The Kier molecular flexibility index (Phi) is 5.50. The number of alkyl halides is 1. The zero-order valence-corrected chi connectivity index (χ0v) is 9.26. The predicted octanol–water partition coefficient (Wildman–Crippen LogP) is 0.903. The smallest absolute Gasteiger partial charge is 0.234 e. The average Bonchev–Trinajstić information content (AvgIpc) is 2.02. The van der Waals surface area contributed by atoms with Gasteiger partial charge in [-0.15, -0.1) is 0 Å². The molecule has 3 nitrogen and oxygen atoms in total. The summed E-state index contributed by atoms with van der Waals surface area (Å²) in [4.78, 5) is 11.1. The van der Waals surface area contributed by atoms with Crippen LogP contribution in [0.2, 0.25) is 0 Å². The third kappa shape index (κ3) is 4.07. The zero-order chi connectivity index (χ0) is 9.72. The van der Waals surface area contributed by atoms with Gasteiger partial charge in [-0.1, -0.05) is 29.8 Å². The Hall–Kier alpha value is -0.0900. The van der Waals surface area contributed by atoms with Crippen molar-refractivity contribution in [2.75, 3.05) is 6.61 Å². The van der Waals surface area contributed by atoms with Crippen molar-refractivity contribution >= 4 is 21.8 Å². The molecule has 0 aromatic rings. The third-order valence-electron chi connectivity index (χ3n) is 1.50. The lowest BCUT2D eigenvalue weighted by molar-refractivity contribution is -0.121. The summed E-state index contributed by atoms with van der Waals surface area (Å²) in [5, 5.41) is 11.3. The molecule has 0 saturated heterocycles. The molecule has 1 amide bonds. The number of hydrogen-bond acceptors (Lipinski definition) is 2. The second-order valence-electron chi connectivity index (χ2n) is 3.24. The van der Waals surface area contributed by atoms with Crippen LogP contribution in [0.15, 0.2) is 0 Å². The van der Waals surface area contributed by atoms with Crippen LogP contribution < -0.4 is 5.32 Å². The van der Waals surface area contributed by atoms with E-state index in [0.717, 1.165) is 0 Å². The third-order valence-corrected chi connectivity index (χ3v) is 2.97. The number of aliphatic hydroxyl groups excluding tert-OH is 1. The maximum absolute atomic E-state index is 11.3. The average molecular weight is 238 g/mol. The van der Waals surface area contributed by atoms with Crippen LogP contribution >= 0.6 is 15.9 Å². The van der Waals surface area contributed by atoms with Gasteiger partial charge in [-0.3, -0.25) is 4.79 Å². The second-order valence-corrected chi connectivity index (χ2v) is 4.22. The van der Waals surface area contributed by atoms with Gasteiger partial charge in [-0.2, -0.15) is 0 Å². The summed E-state index contributed by atoms with van der Waals surface area (Å²) < 4.78 is 0. The Bertz CT molecular complexity index is 150. The summed E-state index contributed by atoms with van der Waals surface area (Å²) in [6, 6.07) is -0.170. The topological polar surface area (TPSA) is 49.3 Å². The van der Waals surface area contributed by atoms with Crippen molar-refractivity contribution in [1.82, 2.24) is 5.32 Å². The standard InChI is InChI=1S/C8H16BrNO2/c1-5(2)7(9)8(12)10-6(3)4-11/h5-7,11H,4H2,1-3H3,(H,10,12)/t6-,7?/m1/s1. The van der Waals surface area contributed by atoms with Crippen LogP contribution in [-0.4, -0.2) is 28.5 Å². The lowest BCUT2D eigenvalue weighted by Crippen LogP contribution is -2.41. The second kappa shape index (κ2) is 5.54. The van der Waals surface area contributed by atoms with Crippen LogP contribution in [0.5, 0.6) is 0 Å². The summed E-state index contributed by atoms with van der Waals surface area (Å²) in [7, 11) is 0. The molecule has 0 radical (unpaired) electrons. The first-order chi connectivity index (χ1) is 5.49. The molecule has 2 N–H and O–H groups in total. The molecule has 0 bridgehead atoms. The monoisotopic (exact) mass is 237 g/mol. The van der Waals surface area contributed by atoms with E-state index in [2.05, 4.69) is 21.2 Å². The molecule has 72 valence electrons. The molecular weight excluding hydrogens is 222 g/mol. The highest BCUT2D eigenvalue weighted by atomic mass is 79.9. The van der Waals surface area contributed by atoms with Gasteiger partial charge in [0, 0.05) is 6.04 Å². The maximum Gasteiger partial charge on any atom is 0.234 e. The first-order valence-electron chi connectivity index (χ1n) is 4.04. The van der Waals surface area contributed by atoms with Crippen LogP contribution in [0.1, 0.15) is 20.8 Å². The Labute approximate surface area is 81.7 Å². The van der Waals surface area contributed by atoms with Gasteiger partial charge in [0.15, 0.2) is 0 Å². The molecule has 0 aliphatic rings. The van der Waals surface area contributed by atoms with Gasteiger partial charge in [0.1, 0.15) is 0 Å². The number of halogens is 1. The summed E-state index contributed by atoms with van der Waals surface area (Å²) >= 11 is 3.27. The molecular formula is C8H16BrNO2. The highest BCUT2D eigenvalue weighted by molar-refractivity contribution is 9.10. The SMILES string of the molecule is CC(C)C(Br)C(=O)N[C@H](C)CO. The van der Waals surface area contributed by atoms with Gasteiger partial charge >= 0.3 is 0 Å². The molecule has 0 heterocycles. The van der Waals surface area contributed by atoms with E-state index in [0.29, 0.717) is 0 Å². The molecule has 0 rings (SSSR count). The molecule has 4 heteroatoms. The Morgan fingerprint density at radius 1 is 1.50 bits per heavy atom. The van der Waals surface area contributed by atoms with Gasteiger partial charge in [0.05, 0.1) is 11.4 Å². The van der Waals surface area contributed by atoms with Gasteiger partial charge < -0.3 is 10.4 Å². The number of hydrogen-bond donors (Lipinski definition) is 2. The largest absolute Gasteiger partial charge is 0.394 e. The molecule has 0 fully saturated rings. The number of carbonyl (C=O) groups excluding carboxylic acids is 1. The van der Waals surface area contributed by atoms with Crippen molar-refractivity contribution in [3.05, 3.63) is 0 Å². The number of carbonyl (C=O) groups is 1. The molecule has 0 aliphatic carbocycles. The van der Waals surface area contributed by atoms with Crippen molar-refractivity contribution in [3.63, 3.8) is 0 Å². The fraction of sp³-hybridized carbons (Fsp3) is 0.875. The fourth-order valence-electron chi connectivity index (χ4n) is 0.671. The van der Waals surface area contributed by atoms with E-state index in [9.17, 15) is 4.79 Å². The van der Waals surface area contributed by atoms with E-state index < -0.39 is 0 Å². The van der Waals surface area contributed by atoms with Crippen LogP contribution in [0, 0.1) is 5.92 Å². The summed E-state index contributed by atoms with van der Waals surface area (Å²) in [6.07, 6.45) is 0. The van der Waals surface area contributed by atoms with E-state index >= 15 is 0 Å². The van der Waals surface area contributed by atoms with Crippen molar-refractivity contribution in [2.24, 2.45) is 5.92 Å².